The molecule has 2 rings (SSSR count). The fraction of sp³-hybridized carbons (Fsp3) is 0.600. The summed E-state index contributed by atoms with van der Waals surface area (Å²) in [6.45, 7) is -3.17. The number of anilines is 1. The van der Waals surface area contributed by atoms with Gasteiger partial charge in [-0.15, -0.1) is 0 Å². The SMILES string of the molecule is COP(O)(=S)OC(C)CC(OCCOP(O)(=S)OC(C)CC(O)n1ccc(N)nc1=O)n1cc(C)c(=O)[nH]c1=O. The number of aromatic nitrogens is 4. The number of hydrogen-bond acceptors (Lipinski definition) is 13. The van der Waals surface area contributed by atoms with Gasteiger partial charge < -0.3 is 43.5 Å². The molecule has 6 N–H and O–H groups in total. The second-order valence-corrected chi connectivity index (χ2v) is 14.3. The van der Waals surface area contributed by atoms with Crippen molar-refractivity contribution in [2.24, 2.45) is 0 Å². The number of nitrogens with two attached hydrogens (primary N) is 1. The van der Waals surface area contributed by atoms with E-state index in [2.05, 4.69) is 9.97 Å². The van der Waals surface area contributed by atoms with Crippen molar-refractivity contribution < 1.29 is 37.7 Å². The van der Waals surface area contributed by atoms with Gasteiger partial charge in [0.25, 0.3) is 5.56 Å². The molecule has 16 nitrogen and oxygen atoms in total. The molecular weight excluding hydrogens is 612 g/mol. The molecule has 0 aliphatic carbocycles. The topological polar surface area (TPSA) is 223 Å². The molecular formula is C20H33N5O11P2S2. The van der Waals surface area contributed by atoms with Crippen LogP contribution in [0, 0.1) is 6.92 Å². The van der Waals surface area contributed by atoms with Crippen LogP contribution >= 0.6 is 13.4 Å². The Hall–Kier alpha value is -1.66. The molecule has 0 aromatic carbocycles. The lowest BCUT2D eigenvalue weighted by molar-refractivity contribution is -0.0409. The molecule has 0 amide bonds. The van der Waals surface area contributed by atoms with Crippen LogP contribution in [0.1, 0.15) is 44.7 Å². The number of H-pyrrole nitrogens is 1. The molecule has 2 heterocycles. The standard InChI is InChI=1S/C20H33N5O11P2S2/c1-12-11-25(20(29)23-18(12)27)17(10-14(3)35-37(30,39)32-4)33-7-8-34-38(31,40)36-13(2)9-16(26)24-6-5-15(21)22-19(24)28/h5-6,11,13-14,16-17,26H,7-10H2,1-4H3,(H,30,39)(H,31,40)(H2,21,22,28)(H,23,27,29). The predicted molar refractivity (Wildman–Crippen MR) is 152 cm³/mol. The van der Waals surface area contributed by atoms with Gasteiger partial charge in [0.2, 0.25) is 0 Å². The van der Waals surface area contributed by atoms with E-state index >= 15 is 0 Å². The smallest absolute Gasteiger partial charge is 0.351 e. The number of aromatic amines is 1. The molecule has 2 aromatic rings. The van der Waals surface area contributed by atoms with Gasteiger partial charge in [-0.3, -0.25) is 18.9 Å². The van der Waals surface area contributed by atoms with Crippen molar-refractivity contribution in [1.29, 1.82) is 0 Å². The van der Waals surface area contributed by atoms with Crippen LogP contribution in [0.3, 0.4) is 0 Å². The molecule has 226 valence electrons. The number of nitrogen functional groups attached to an aromatic ring is 1. The minimum Gasteiger partial charge on any atom is -0.383 e. The molecule has 0 bridgehead atoms. The van der Waals surface area contributed by atoms with E-state index in [9.17, 15) is 29.3 Å². The van der Waals surface area contributed by atoms with Crippen LogP contribution in [0.25, 0.3) is 0 Å². The van der Waals surface area contributed by atoms with Gasteiger partial charge in [0.05, 0.1) is 25.4 Å². The molecule has 0 spiro atoms. The van der Waals surface area contributed by atoms with Gasteiger partial charge in [-0.25, -0.2) is 9.59 Å². The number of aliphatic hydroxyl groups excluding tert-OH is 1. The summed E-state index contributed by atoms with van der Waals surface area (Å²) in [5, 5.41) is 10.3. The van der Waals surface area contributed by atoms with Crippen molar-refractivity contribution >= 4 is 42.9 Å². The second kappa shape index (κ2) is 15.0. The zero-order valence-electron chi connectivity index (χ0n) is 22.1. The number of aryl methyl sites for hydroxylation is 1. The first kappa shape index (κ1) is 34.5. The van der Waals surface area contributed by atoms with Crippen LogP contribution in [0.4, 0.5) is 5.82 Å². The molecule has 6 atom stereocenters. The Morgan fingerprint density at radius 1 is 1.07 bits per heavy atom. The zero-order valence-corrected chi connectivity index (χ0v) is 25.5. The number of aliphatic hydroxyl groups is 1. The largest absolute Gasteiger partial charge is 0.383 e. The Balaban J connectivity index is 2.00. The maximum Gasteiger partial charge on any atom is 0.351 e. The van der Waals surface area contributed by atoms with Crippen molar-refractivity contribution in [3.05, 3.63) is 55.3 Å². The summed E-state index contributed by atoms with van der Waals surface area (Å²) < 4.78 is 28.7. The summed E-state index contributed by atoms with van der Waals surface area (Å²) >= 11 is 9.88. The predicted octanol–water partition coefficient (Wildman–Crippen LogP) is 0.377. The lowest BCUT2D eigenvalue weighted by Crippen LogP contribution is -2.35. The summed E-state index contributed by atoms with van der Waals surface area (Å²) in [7, 11) is 1.20. The fourth-order valence-corrected chi connectivity index (χ4v) is 6.00. The maximum absolute atomic E-state index is 12.4. The second-order valence-electron chi connectivity index (χ2n) is 8.58. The number of hydrogen-bond donors (Lipinski definition) is 5. The van der Waals surface area contributed by atoms with Crippen LogP contribution in [-0.2, 0) is 46.4 Å². The summed E-state index contributed by atoms with van der Waals surface area (Å²) in [4.78, 5) is 62.2. The average Bonchev–Trinajstić information content (AvgIpc) is 2.82. The van der Waals surface area contributed by atoms with E-state index in [0.29, 0.717) is 0 Å². The van der Waals surface area contributed by atoms with Crippen LogP contribution < -0.4 is 22.7 Å². The Bertz CT molecular complexity index is 1420. The lowest BCUT2D eigenvalue weighted by Gasteiger charge is -2.26. The van der Waals surface area contributed by atoms with E-state index in [1.54, 1.807) is 6.92 Å². The monoisotopic (exact) mass is 645 g/mol. The van der Waals surface area contributed by atoms with E-state index in [-0.39, 0.29) is 37.4 Å². The van der Waals surface area contributed by atoms with Gasteiger partial charge in [-0.2, -0.15) is 4.98 Å². The van der Waals surface area contributed by atoms with E-state index < -0.39 is 55.0 Å². The first-order valence-electron chi connectivity index (χ1n) is 11.7. The van der Waals surface area contributed by atoms with Crippen molar-refractivity contribution in [1.82, 2.24) is 19.1 Å². The van der Waals surface area contributed by atoms with Gasteiger partial charge >= 0.3 is 24.8 Å². The van der Waals surface area contributed by atoms with Crippen molar-refractivity contribution in [3.63, 3.8) is 0 Å². The summed E-state index contributed by atoms with van der Waals surface area (Å²) in [5.41, 5.74) is 3.62. The molecule has 6 unspecified atom stereocenters. The summed E-state index contributed by atoms with van der Waals surface area (Å²) in [6, 6.07) is 1.34. The Morgan fingerprint density at radius 2 is 1.70 bits per heavy atom. The Kier molecular flexibility index (Phi) is 13.0. The summed E-state index contributed by atoms with van der Waals surface area (Å²) in [6.07, 6.45) is -1.44. The number of rotatable bonds is 16. The van der Waals surface area contributed by atoms with E-state index in [4.69, 9.17) is 52.2 Å². The van der Waals surface area contributed by atoms with Gasteiger partial charge in [0, 0.05) is 37.9 Å². The van der Waals surface area contributed by atoms with Crippen molar-refractivity contribution in [2.45, 2.75) is 58.3 Å². The molecule has 0 aliphatic rings. The van der Waals surface area contributed by atoms with Crippen LogP contribution in [-0.4, -0.2) is 66.5 Å². The van der Waals surface area contributed by atoms with Crippen LogP contribution in [0.15, 0.2) is 32.8 Å². The van der Waals surface area contributed by atoms with Crippen molar-refractivity contribution in [3.8, 4) is 0 Å². The van der Waals surface area contributed by atoms with Crippen LogP contribution in [0.5, 0.6) is 0 Å². The highest BCUT2D eigenvalue weighted by Gasteiger charge is 2.25. The maximum atomic E-state index is 12.4. The third-order valence-corrected chi connectivity index (χ3v) is 8.71. The van der Waals surface area contributed by atoms with Crippen LogP contribution in [0.2, 0.25) is 0 Å². The molecule has 2 aromatic heterocycles. The average molecular weight is 646 g/mol. The minimum atomic E-state index is -3.81. The highest BCUT2D eigenvalue weighted by atomic mass is 32.5. The van der Waals surface area contributed by atoms with E-state index in [0.717, 1.165) is 9.13 Å². The molecule has 0 saturated heterocycles. The van der Waals surface area contributed by atoms with Gasteiger partial charge in [-0.1, -0.05) is 0 Å². The van der Waals surface area contributed by atoms with Gasteiger partial charge in [0.15, 0.2) is 0 Å². The van der Waals surface area contributed by atoms with Crippen molar-refractivity contribution in [2.75, 3.05) is 26.1 Å². The Morgan fingerprint density at radius 3 is 2.33 bits per heavy atom. The first-order valence-corrected chi connectivity index (χ1v) is 16.9. The van der Waals surface area contributed by atoms with E-state index in [1.165, 1.54) is 39.4 Å². The quantitative estimate of drug-likeness (QED) is 0.123. The van der Waals surface area contributed by atoms with Gasteiger partial charge in [-0.05, 0) is 50.5 Å². The number of nitrogens with one attached hydrogen (secondary N) is 1. The Labute approximate surface area is 239 Å². The fourth-order valence-electron chi connectivity index (χ4n) is 3.36. The van der Waals surface area contributed by atoms with Gasteiger partial charge in [0.1, 0.15) is 18.3 Å². The number of nitrogens with zero attached hydrogens (tertiary/aromatic N) is 3. The third-order valence-electron chi connectivity index (χ3n) is 5.21. The lowest BCUT2D eigenvalue weighted by atomic mass is 10.2. The molecule has 40 heavy (non-hydrogen) atoms. The molecule has 20 heteroatoms. The number of ether oxygens (including phenoxy) is 1. The zero-order chi connectivity index (χ0) is 30.3. The first-order chi connectivity index (χ1) is 18.5. The molecule has 0 aliphatic heterocycles. The molecule has 0 radical (unpaired) electrons. The highest BCUT2D eigenvalue weighted by molar-refractivity contribution is 8.07. The molecule has 0 saturated carbocycles. The summed E-state index contributed by atoms with van der Waals surface area (Å²) in [5.74, 6) is 0.00218. The normalized spacial score (nSPS) is 17.9. The van der Waals surface area contributed by atoms with E-state index in [1.807, 2.05) is 0 Å². The molecule has 0 fully saturated rings. The minimum absolute atomic E-state index is 0.00218. The highest BCUT2D eigenvalue weighted by Crippen LogP contribution is 2.46. The third kappa shape index (κ3) is 11.0.